The van der Waals surface area contributed by atoms with Crippen LogP contribution in [0.2, 0.25) is 0 Å². The predicted octanol–water partition coefficient (Wildman–Crippen LogP) is 1.32. The molecule has 0 atom stereocenters. The van der Waals surface area contributed by atoms with Gasteiger partial charge in [0.05, 0.1) is 7.11 Å². The molecule has 0 radical (unpaired) electrons. The highest BCUT2D eigenvalue weighted by Gasteiger charge is 2.24. The number of pyridine rings is 1. The molecule has 3 N–H and O–H groups in total. The number of esters is 1. The molecule has 1 saturated carbocycles. The molecule has 1 heterocycles. The molecule has 0 aromatic carbocycles. The zero-order valence-electron chi connectivity index (χ0n) is 11.5. The Balaban J connectivity index is 1.94. The predicted molar refractivity (Wildman–Crippen MR) is 74.1 cm³/mol. The number of methoxy groups -OCH3 is 1. The number of aromatic nitrogens is 1. The fourth-order valence-electron chi connectivity index (χ4n) is 2.49. The van der Waals surface area contributed by atoms with Crippen LogP contribution in [0, 0.1) is 5.92 Å². The molecule has 20 heavy (non-hydrogen) atoms. The molecule has 1 amide bonds. The van der Waals surface area contributed by atoms with Crippen LogP contribution in [0.25, 0.3) is 0 Å². The van der Waals surface area contributed by atoms with E-state index in [9.17, 15) is 9.59 Å². The van der Waals surface area contributed by atoms with Crippen LogP contribution in [-0.4, -0.2) is 30.0 Å². The van der Waals surface area contributed by atoms with Gasteiger partial charge in [-0.05, 0) is 37.8 Å². The maximum absolute atomic E-state index is 11.4. The van der Waals surface area contributed by atoms with Gasteiger partial charge in [0.2, 0.25) is 5.91 Å². The average Bonchev–Trinajstić information content (AvgIpc) is 2.47. The highest BCUT2D eigenvalue weighted by molar-refractivity contribution is 5.88. The highest BCUT2D eigenvalue weighted by atomic mass is 16.5. The first-order valence-corrected chi connectivity index (χ1v) is 6.70. The third-order valence-electron chi connectivity index (χ3n) is 3.65. The van der Waals surface area contributed by atoms with E-state index in [4.69, 9.17) is 5.73 Å². The molecule has 0 aliphatic heterocycles. The molecule has 0 bridgehead atoms. The number of carbonyl (C=O) groups is 2. The summed E-state index contributed by atoms with van der Waals surface area (Å²) in [7, 11) is 1.33. The van der Waals surface area contributed by atoms with E-state index in [1.807, 2.05) is 6.07 Å². The molecule has 1 aromatic heterocycles. The lowest BCUT2D eigenvalue weighted by molar-refractivity contribution is -0.122. The van der Waals surface area contributed by atoms with Gasteiger partial charge in [0.25, 0.3) is 0 Å². The Morgan fingerprint density at radius 2 is 2.05 bits per heavy atom. The van der Waals surface area contributed by atoms with Crippen molar-refractivity contribution in [2.45, 2.75) is 31.7 Å². The molecule has 6 nitrogen and oxygen atoms in total. The first-order chi connectivity index (χ1) is 9.60. The molecular weight excluding hydrogens is 258 g/mol. The van der Waals surface area contributed by atoms with E-state index in [1.165, 1.54) is 7.11 Å². The van der Waals surface area contributed by atoms with E-state index in [-0.39, 0.29) is 17.5 Å². The van der Waals surface area contributed by atoms with Gasteiger partial charge in [0.15, 0.2) is 0 Å². The van der Waals surface area contributed by atoms with Crippen molar-refractivity contribution in [2.24, 2.45) is 11.7 Å². The number of amides is 1. The second-order valence-electron chi connectivity index (χ2n) is 5.02. The van der Waals surface area contributed by atoms with Crippen molar-refractivity contribution in [1.82, 2.24) is 4.98 Å². The SMILES string of the molecule is COC(=O)c1cc(NC2CCC(C(N)=O)CC2)ccn1. The molecule has 1 aromatic rings. The molecule has 1 aliphatic rings. The largest absolute Gasteiger partial charge is 0.464 e. The van der Waals surface area contributed by atoms with Gasteiger partial charge in [-0.2, -0.15) is 0 Å². The van der Waals surface area contributed by atoms with Crippen LogP contribution in [0.4, 0.5) is 5.69 Å². The van der Waals surface area contributed by atoms with Gasteiger partial charge in [0.1, 0.15) is 5.69 Å². The van der Waals surface area contributed by atoms with E-state index < -0.39 is 5.97 Å². The molecule has 0 unspecified atom stereocenters. The lowest BCUT2D eigenvalue weighted by Gasteiger charge is -2.28. The molecular formula is C14H19N3O3. The summed E-state index contributed by atoms with van der Waals surface area (Å²) in [6.07, 6.45) is 4.97. The number of nitrogens with zero attached hydrogens (tertiary/aromatic N) is 1. The second kappa shape index (κ2) is 6.36. The average molecular weight is 277 g/mol. The molecule has 6 heteroatoms. The van der Waals surface area contributed by atoms with Crippen molar-refractivity contribution in [3.05, 3.63) is 24.0 Å². The second-order valence-corrected chi connectivity index (χ2v) is 5.02. The summed E-state index contributed by atoms with van der Waals surface area (Å²) < 4.78 is 4.64. The first-order valence-electron chi connectivity index (χ1n) is 6.70. The third-order valence-corrected chi connectivity index (χ3v) is 3.65. The normalized spacial score (nSPS) is 22.1. The van der Waals surface area contributed by atoms with Crippen molar-refractivity contribution in [3.63, 3.8) is 0 Å². The van der Waals surface area contributed by atoms with Crippen molar-refractivity contribution < 1.29 is 14.3 Å². The topological polar surface area (TPSA) is 94.3 Å². The summed E-state index contributed by atoms with van der Waals surface area (Å²) in [4.78, 5) is 26.5. The first kappa shape index (κ1) is 14.3. The van der Waals surface area contributed by atoms with E-state index in [0.717, 1.165) is 31.4 Å². The van der Waals surface area contributed by atoms with Gasteiger partial charge in [0, 0.05) is 23.8 Å². The van der Waals surface area contributed by atoms with E-state index in [1.54, 1.807) is 12.3 Å². The fraction of sp³-hybridized carbons (Fsp3) is 0.500. The van der Waals surface area contributed by atoms with E-state index in [0.29, 0.717) is 6.04 Å². The number of hydrogen-bond donors (Lipinski definition) is 2. The number of ether oxygens (including phenoxy) is 1. The Kier molecular flexibility index (Phi) is 4.55. The van der Waals surface area contributed by atoms with Crippen LogP contribution < -0.4 is 11.1 Å². The molecule has 1 fully saturated rings. The number of nitrogens with two attached hydrogens (primary N) is 1. The Hall–Kier alpha value is -2.11. The molecule has 108 valence electrons. The Bertz CT molecular complexity index is 496. The van der Waals surface area contributed by atoms with Crippen LogP contribution in [-0.2, 0) is 9.53 Å². The number of hydrogen-bond acceptors (Lipinski definition) is 5. The van der Waals surface area contributed by atoms with E-state index >= 15 is 0 Å². The molecule has 2 rings (SSSR count). The quantitative estimate of drug-likeness (QED) is 0.809. The van der Waals surface area contributed by atoms with Crippen molar-refractivity contribution in [1.29, 1.82) is 0 Å². The fourth-order valence-corrected chi connectivity index (χ4v) is 2.49. The van der Waals surface area contributed by atoms with E-state index in [2.05, 4.69) is 15.0 Å². The third kappa shape index (κ3) is 3.46. The van der Waals surface area contributed by atoms with Gasteiger partial charge in [-0.1, -0.05) is 0 Å². The summed E-state index contributed by atoms with van der Waals surface area (Å²) in [5.41, 5.74) is 6.43. The van der Waals surface area contributed by atoms with Gasteiger partial charge >= 0.3 is 5.97 Å². The van der Waals surface area contributed by atoms with Crippen LogP contribution in [0.15, 0.2) is 18.3 Å². The monoisotopic (exact) mass is 277 g/mol. The number of rotatable bonds is 4. The van der Waals surface area contributed by atoms with Gasteiger partial charge in [-0.3, -0.25) is 4.79 Å². The molecule has 1 aliphatic carbocycles. The zero-order valence-corrected chi connectivity index (χ0v) is 11.5. The van der Waals surface area contributed by atoms with Crippen LogP contribution >= 0.6 is 0 Å². The Morgan fingerprint density at radius 1 is 1.35 bits per heavy atom. The van der Waals surface area contributed by atoms with Crippen molar-refractivity contribution in [2.75, 3.05) is 12.4 Å². The lowest BCUT2D eigenvalue weighted by Crippen LogP contribution is -2.32. The lowest BCUT2D eigenvalue weighted by atomic mass is 9.85. The molecule has 0 saturated heterocycles. The van der Waals surface area contributed by atoms with Crippen molar-refractivity contribution in [3.8, 4) is 0 Å². The smallest absolute Gasteiger partial charge is 0.356 e. The number of anilines is 1. The Labute approximate surface area is 117 Å². The minimum Gasteiger partial charge on any atom is -0.464 e. The van der Waals surface area contributed by atoms with Crippen LogP contribution in [0.5, 0.6) is 0 Å². The molecule has 0 spiro atoms. The summed E-state index contributed by atoms with van der Waals surface area (Å²) >= 11 is 0. The summed E-state index contributed by atoms with van der Waals surface area (Å²) in [6, 6.07) is 3.78. The van der Waals surface area contributed by atoms with Gasteiger partial charge in [-0.25, -0.2) is 9.78 Å². The van der Waals surface area contributed by atoms with Gasteiger partial charge < -0.3 is 15.8 Å². The Morgan fingerprint density at radius 3 is 2.65 bits per heavy atom. The summed E-state index contributed by atoms with van der Waals surface area (Å²) in [5.74, 6) is -0.664. The number of carbonyl (C=O) groups excluding carboxylic acids is 2. The number of primary amides is 1. The maximum atomic E-state index is 11.4. The summed E-state index contributed by atoms with van der Waals surface area (Å²) in [6.45, 7) is 0. The highest BCUT2D eigenvalue weighted by Crippen LogP contribution is 2.26. The number of nitrogens with one attached hydrogen (secondary N) is 1. The summed E-state index contributed by atoms with van der Waals surface area (Å²) in [5, 5.41) is 3.36. The standard InChI is InChI=1S/C14H19N3O3/c1-20-14(19)12-8-11(6-7-16-12)17-10-4-2-9(3-5-10)13(15)18/h6-10H,2-5H2,1H3,(H2,15,18)(H,16,17). The van der Waals surface area contributed by atoms with Crippen molar-refractivity contribution >= 4 is 17.6 Å². The van der Waals surface area contributed by atoms with Crippen LogP contribution in [0.3, 0.4) is 0 Å². The van der Waals surface area contributed by atoms with Gasteiger partial charge in [-0.15, -0.1) is 0 Å². The minimum atomic E-state index is -0.453. The zero-order chi connectivity index (χ0) is 14.5. The maximum Gasteiger partial charge on any atom is 0.356 e. The van der Waals surface area contributed by atoms with Crippen LogP contribution in [0.1, 0.15) is 36.2 Å². The minimum absolute atomic E-state index is 0.00359.